The van der Waals surface area contributed by atoms with E-state index in [1.807, 2.05) is 14.0 Å². The summed E-state index contributed by atoms with van der Waals surface area (Å²) >= 11 is 5.69. The molecule has 0 unspecified atom stereocenters. The summed E-state index contributed by atoms with van der Waals surface area (Å²) in [5, 5.41) is 4.40. The fraction of sp³-hybridized carbons (Fsp3) is 0.250. The predicted molar refractivity (Wildman–Crippen MR) is 51.1 cm³/mol. The molecule has 1 heterocycles. The second kappa shape index (κ2) is 3.54. The Morgan fingerprint density at radius 3 is 2.92 bits per heavy atom. The van der Waals surface area contributed by atoms with E-state index in [0.717, 1.165) is 11.4 Å². The highest BCUT2D eigenvalue weighted by Crippen LogP contribution is 2.16. The van der Waals surface area contributed by atoms with Crippen molar-refractivity contribution < 1.29 is 0 Å². The van der Waals surface area contributed by atoms with Crippen LogP contribution in [0.15, 0.2) is 23.8 Å². The number of aliphatic imine (C=N–C) groups is 1. The van der Waals surface area contributed by atoms with E-state index in [-0.39, 0.29) is 0 Å². The zero-order valence-corrected chi connectivity index (χ0v) is 7.84. The molecule has 0 aliphatic heterocycles. The average Bonchev–Trinajstić information content (AvgIpc) is 2.35. The Morgan fingerprint density at radius 2 is 2.50 bits per heavy atom. The van der Waals surface area contributed by atoms with E-state index in [1.54, 1.807) is 10.9 Å². The molecule has 0 saturated heterocycles. The lowest BCUT2D eigenvalue weighted by molar-refractivity contribution is 0.770. The van der Waals surface area contributed by atoms with Gasteiger partial charge in [-0.3, -0.25) is 4.68 Å². The van der Waals surface area contributed by atoms with Gasteiger partial charge in [-0.15, -0.1) is 0 Å². The molecule has 64 valence electrons. The average molecular weight is 184 g/mol. The summed E-state index contributed by atoms with van der Waals surface area (Å²) in [6.45, 7) is 5.44. The Labute approximate surface area is 76.4 Å². The van der Waals surface area contributed by atoms with Crippen LogP contribution in [0.5, 0.6) is 0 Å². The van der Waals surface area contributed by atoms with Crippen LogP contribution in [0.4, 0.5) is 5.82 Å². The van der Waals surface area contributed by atoms with Crippen LogP contribution in [0, 0.1) is 6.92 Å². The molecule has 1 aromatic rings. The Bertz CT molecular complexity index is 306. The van der Waals surface area contributed by atoms with Gasteiger partial charge in [0.15, 0.2) is 5.82 Å². The van der Waals surface area contributed by atoms with Crippen molar-refractivity contribution in [3.63, 3.8) is 0 Å². The molecule has 3 nitrogen and oxygen atoms in total. The summed E-state index contributed by atoms with van der Waals surface area (Å²) in [6.07, 6.45) is 3.24. The smallest absolute Gasteiger partial charge is 0.154 e. The third kappa shape index (κ3) is 1.74. The van der Waals surface area contributed by atoms with Crippen LogP contribution < -0.4 is 0 Å². The first-order chi connectivity index (χ1) is 5.65. The number of nitrogens with zero attached hydrogens (tertiary/aromatic N) is 3. The van der Waals surface area contributed by atoms with Gasteiger partial charge in [0.25, 0.3) is 0 Å². The minimum atomic E-state index is 0.377. The maximum Gasteiger partial charge on any atom is 0.154 e. The molecule has 0 aliphatic rings. The molecular weight excluding hydrogens is 174 g/mol. The second-order valence-corrected chi connectivity index (χ2v) is 2.80. The first-order valence-electron chi connectivity index (χ1n) is 3.50. The molecule has 0 aliphatic carbocycles. The molecule has 1 aromatic heterocycles. The number of rotatable bonds is 2. The molecule has 0 spiro atoms. The van der Waals surface area contributed by atoms with Gasteiger partial charge in [-0.25, -0.2) is 4.99 Å². The molecule has 0 radical (unpaired) electrons. The van der Waals surface area contributed by atoms with Gasteiger partial charge >= 0.3 is 0 Å². The van der Waals surface area contributed by atoms with Crippen molar-refractivity contribution in [3.8, 4) is 0 Å². The van der Waals surface area contributed by atoms with E-state index in [4.69, 9.17) is 11.6 Å². The quantitative estimate of drug-likeness (QED) is 0.647. The summed E-state index contributed by atoms with van der Waals surface area (Å²) in [5.74, 6) is 0.764. The molecule has 1 rings (SSSR count). The minimum Gasteiger partial charge on any atom is -0.251 e. The van der Waals surface area contributed by atoms with E-state index in [1.165, 1.54) is 6.08 Å². The van der Waals surface area contributed by atoms with E-state index >= 15 is 0 Å². The van der Waals surface area contributed by atoms with Crippen molar-refractivity contribution in [1.82, 2.24) is 9.78 Å². The van der Waals surface area contributed by atoms with Gasteiger partial charge in [0, 0.05) is 12.6 Å². The Morgan fingerprint density at radius 1 is 1.83 bits per heavy atom. The van der Waals surface area contributed by atoms with E-state index < -0.39 is 0 Å². The van der Waals surface area contributed by atoms with Crippen molar-refractivity contribution >= 4 is 22.6 Å². The van der Waals surface area contributed by atoms with Crippen LogP contribution in [0.1, 0.15) is 5.56 Å². The monoisotopic (exact) mass is 183 g/mol. The van der Waals surface area contributed by atoms with E-state index in [9.17, 15) is 0 Å². The molecule has 0 fully saturated rings. The number of hydrogen-bond donors (Lipinski definition) is 0. The third-order valence-corrected chi connectivity index (χ3v) is 1.70. The lowest BCUT2D eigenvalue weighted by Crippen LogP contribution is -1.90. The highest BCUT2D eigenvalue weighted by molar-refractivity contribution is 6.68. The molecule has 0 aromatic carbocycles. The zero-order chi connectivity index (χ0) is 9.14. The minimum absolute atomic E-state index is 0.377. The Balaban J connectivity index is 3.10. The summed E-state index contributed by atoms with van der Waals surface area (Å²) < 4.78 is 1.67. The summed E-state index contributed by atoms with van der Waals surface area (Å²) in [5.41, 5.74) is 0.998. The lowest BCUT2D eigenvalue weighted by Gasteiger charge is -1.95. The van der Waals surface area contributed by atoms with Crippen molar-refractivity contribution in [1.29, 1.82) is 0 Å². The molecular formula is C8H10ClN3. The fourth-order valence-electron chi connectivity index (χ4n) is 0.848. The number of allylic oxidation sites excluding steroid dienone is 1. The van der Waals surface area contributed by atoms with Gasteiger partial charge in [-0.2, -0.15) is 5.10 Å². The van der Waals surface area contributed by atoms with E-state index in [0.29, 0.717) is 5.17 Å². The van der Waals surface area contributed by atoms with Crippen LogP contribution in [0.2, 0.25) is 0 Å². The standard InChI is InChI=1S/C8H10ClN3/c1-4-7(9)11-8-6(2)5-10-12(8)3/h4-5H,1H2,2-3H3/b11-7+. The number of aryl methyl sites for hydroxylation is 2. The first-order valence-corrected chi connectivity index (χ1v) is 3.88. The summed E-state index contributed by atoms with van der Waals surface area (Å²) in [6, 6.07) is 0. The van der Waals surface area contributed by atoms with Crippen molar-refractivity contribution in [2.24, 2.45) is 12.0 Å². The SMILES string of the molecule is C=C/C(Cl)=N\c1c(C)cnn1C. The van der Waals surface area contributed by atoms with Crippen LogP contribution in [0.25, 0.3) is 0 Å². The van der Waals surface area contributed by atoms with Gasteiger partial charge in [-0.05, 0) is 13.0 Å². The first kappa shape index (κ1) is 9.00. The van der Waals surface area contributed by atoms with Crippen molar-refractivity contribution in [2.45, 2.75) is 6.92 Å². The number of hydrogen-bond acceptors (Lipinski definition) is 2. The highest BCUT2D eigenvalue weighted by atomic mass is 35.5. The van der Waals surface area contributed by atoms with E-state index in [2.05, 4.69) is 16.7 Å². The predicted octanol–water partition coefficient (Wildman–Crippen LogP) is 2.18. The van der Waals surface area contributed by atoms with Gasteiger partial charge < -0.3 is 0 Å². The number of aromatic nitrogens is 2. The molecule has 0 amide bonds. The highest BCUT2D eigenvalue weighted by Gasteiger charge is 2.01. The van der Waals surface area contributed by atoms with Gasteiger partial charge in [0.05, 0.1) is 6.20 Å². The van der Waals surface area contributed by atoms with Crippen molar-refractivity contribution in [3.05, 3.63) is 24.4 Å². The molecule has 0 N–H and O–H groups in total. The van der Waals surface area contributed by atoms with Gasteiger partial charge in [0.1, 0.15) is 5.17 Å². The normalized spacial score (nSPS) is 11.8. The largest absolute Gasteiger partial charge is 0.251 e. The number of halogens is 1. The van der Waals surface area contributed by atoms with Crippen LogP contribution in [0.3, 0.4) is 0 Å². The Hall–Kier alpha value is -1.09. The maximum absolute atomic E-state index is 5.69. The third-order valence-electron chi connectivity index (χ3n) is 1.46. The maximum atomic E-state index is 5.69. The topological polar surface area (TPSA) is 30.2 Å². The molecule has 0 saturated carbocycles. The molecule has 4 heteroatoms. The van der Waals surface area contributed by atoms with Crippen molar-refractivity contribution in [2.75, 3.05) is 0 Å². The summed E-state index contributed by atoms with van der Waals surface area (Å²) in [7, 11) is 1.82. The Kier molecular flexibility index (Phi) is 2.65. The van der Waals surface area contributed by atoms with Crippen LogP contribution in [-0.4, -0.2) is 15.0 Å². The van der Waals surface area contributed by atoms with Gasteiger partial charge in [0.2, 0.25) is 0 Å². The van der Waals surface area contributed by atoms with Crippen LogP contribution in [-0.2, 0) is 7.05 Å². The fourth-order valence-corrected chi connectivity index (χ4v) is 0.928. The van der Waals surface area contributed by atoms with Gasteiger partial charge in [-0.1, -0.05) is 18.2 Å². The van der Waals surface area contributed by atoms with Crippen LogP contribution >= 0.6 is 11.6 Å². The molecule has 12 heavy (non-hydrogen) atoms. The second-order valence-electron chi connectivity index (χ2n) is 2.41. The lowest BCUT2D eigenvalue weighted by atomic mass is 10.4. The summed E-state index contributed by atoms with van der Waals surface area (Å²) in [4.78, 5) is 4.10. The zero-order valence-electron chi connectivity index (χ0n) is 7.08. The molecule has 0 bridgehead atoms. The molecule has 0 atom stereocenters.